The van der Waals surface area contributed by atoms with Crippen molar-refractivity contribution in [2.75, 3.05) is 0 Å². The van der Waals surface area contributed by atoms with E-state index in [1.165, 1.54) is 29.7 Å². The van der Waals surface area contributed by atoms with Crippen molar-refractivity contribution in [2.24, 2.45) is 5.73 Å². The van der Waals surface area contributed by atoms with Crippen LogP contribution in [0.5, 0.6) is 0 Å². The van der Waals surface area contributed by atoms with Crippen LogP contribution in [0.3, 0.4) is 0 Å². The highest BCUT2D eigenvalue weighted by Crippen LogP contribution is 2.39. The lowest BCUT2D eigenvalue weighted by Gasteiger charge is -2.31. The van der Waals surface area contributed by atoms with Crippen molar-refractivity contribution in [3.05, 3.63) is 40.2 Å². The van der Waals surface area contributed by atoms with Gasteiger partial charge in [0.15, 0.2) is 0 Å². The fraction of sp³-hybridized carbons (Fsp3) is 0.438. The molecule has 100 valence electrons. The van der Waals surface area contributed by atoms with Gasteiger partial charge in [-0.1, -0.05) is 49.6 Å². The third-order valence-corrected chi connectivity index (χ3v) is 5.21. The largest absolute Gasteiger partial charge is 0.319 e. The predicted octanol–water partition coefficient (Wildman–Crippen LogP) is 4.24. The Kier molecular flexibility index (Phi) is 3.42. The Morgan fingerprint density at radius 3 is 2.47 bits per heavy atom. The van der Waals surface area contributed by atoms with Gasteiger partial charge in [-0.15, -0.1) is 11.3 Å². The molecule has 3 heteroatoms. The van der Waals surface area contributed by atoms with Crippen molar-refractivity contribution in [3.8, 4) is 11.3 Å². The summed E-state index contributed by atoms with van der Waals surface area (Å²) in [6.45, 7) is 2.15. The van der Waals surface area contributed by atoms with E-state index < -0.39 is 0 Å². The van der Waals surface area contributed by atoms with E-state index >= 15 is 0 Å². The molecule has 1 fully saturated rings. The van der Waals surface area contributed by atoms with Gasteiger partial charge in [-0.05, 0) is 19.8 Å². The second kappa shape index (κ2) is 5.06. The highest BCUT2D eigenvalue weighted by atomic mass is 32.1. The Morgan fingerprint density at radius 2 is 1.79 bits per heavy atom. The Labute approximate surface area is 118 Å². The first kappa shape index (κ1) is 12.8. The van der Waals surface area contributed by atoms with E-state index in [4.69, 9.17) is 10.7 Å². The number of thiazole rings is 1. The van der Waals surface area contributed by atoms with Crippen LogP contribution in [0.1, 0.15) is 42.0 Å². The summed E-state index contributed by atoms with van der Waals surface area (Å²) in [6.07, 6.45) is 5.93. The SMILES string of the molecule is Cc1sc(C2(N)CCCCC2)nc1-c1ccccc1. The van der Waals surface area contributed by atoms with Gasteiger partial charge in [-0.3, -0.25) is 0 Å². The normalized spacial score (nSPS) is 18.4. The first-order valence-corrected chi connectivity index (χ1v) is 7.83. The first-order valence-electron chi connectivity index (χ1n) is 7.01. The fourth-order valence-corrected chi connectivity index (χ4v) is 3.96. The third kappa shape index (κ3) is 2.45. The molecule has 0 saturated heterocycles. The Morgan fingerprint density at radius 1 is 1.11 bits per heavy atom. The number of hydrogen-bond acceptors (Lipinski definition) is 3. The molecular weight excluding hydrogens is 252 g/mol. The number of rotatable bonds is 2. The monoisotopic (exact) mass is 272 g/mol. The molecule has 0 amide bonds. The molecule has 3 rings (SSSR count). The number of nitrogens with two attached hydrogens (primary N) is 1. The summed E-state index contributed by atoms with van der Waals surface area (Å²) in [5.74, 6) is 0. The second-order valence-electron chi connectivity index (χ2n) is 5.51. The van der Waals surface area contributed by atoms with Gasteiger partial charge in [0.05, 0.1) is 11.2 Å². The summed E-state index contributed by atoms with van der Waals surface area (Å²) in [5.41, 5.74) is 8.71. The molecule has 1 aromatic heterocycles. The maximum atomic E-state index is 6.59. The minimum absolute atomic E-state index is 0.180. The molecule has 0 radical (unpaired) electrons. The molecule has 0 unspecified atom stereocenters. The summed E-state index contributed by atoms with van der Waals surface area (Å²) in [5, 5.41) is 1.13. The van der Waals surface area contributed by atoms with E-state index in [0.717, 1.165) is 23.5 Å². The zero-order valence-electron chi connectivity index (χ0n) is 11.4. The number of aromatic nitrogens is 1. The molecule has 2 N–H and O–H groups in total. The van der Waals surface area contributed by atoms with Gasteiger partial charge in [0.2, 0.25) is 0 Å². The van der Waals surface area contributed by atoms with E-state index in [0.29, 0.717) is 0 Å². The topological polar surface area (TPSA) is 38.9 Å². The molecule has 1 saturated carbocycles. The van der Waals surface area contributed by atoms with Crippen LogP contribution >= 0.6 is 11.3 Å². The van der Waals surface area contributed by atoms with Crippen LogP contribution < -0.4 is 5.73 Å². The highest BCUT2D eigenvalue weighted by molar-refractivity contribution is 7.12. The summed E-state index contributed by atoms with van der Waals surface area (Å²) < 4.78 is 0. The predicted molar refractivity (Wildman–Crippen MR) is 81.2 cm³/mol. The Bertz CT molecular complexity index is 553. The van der Waals surface area contributed by atoms with Crippen molar-refractivity contribution in [3.63, 3.8) is 0 Å². The average molecular weight is 272 g/mol. The fourth-order valence-electron chi connectivity index (χ4n) is 2.87. The quantitative estimate of drug-likeness (QED) is 0.888. The molecule has 0 bridgehead atoms. The molecular formula is C16H20N2S. The van der Waals surface area contributed by atoms with Gasteiger partial charge < -0.3 is 5.73 Å². The first-order chi connectivity index (χ1) is 9.19. The van der Waals surface area contributed by atoms with Crippen LogP contribution in [0.25, 0.3) is 11.3 Å². The van der Waals surface area contributed by atoms with Crippen LogP contribution in [0.2, 0.25) is 0 Å². The Hall–Kier alpha value is -1.19. The number of aryl methyl sites for hydroxylation is 1. The zero-order valence-corrected chi connectivity index (χ0v) is 12.2. The molecule has 2 nitrogen and oxygen atoms in total. The van der Waals surface area contributed by atoms with Crippen molar-refractivity contribution < 1.29 is 0 Å². The van der Waals surface area contributed by atoms with Crippen molar-refractivity contribution in [2.45, 2.75) is 44.6 Å². The van der Waals surface area contributed by atoms with Crippen molar-refractivity contribution in [1.29, 1.82) is 0 Å². The summed E-state index contributed by atoms with van der Waals surface area (Å²) in [4.78, 5) is 6.14. The van der Waals surface area contributed by atoms with Crippen LogP contribution in [0.4, 0.5) is 0 Å². The van der Waals surface area contributed by atoms with Crippen LogP contribution in [0, 0.1) is 6.92 Å². The standard InChI is InChI=1S/C16H20N2S/c1-12-14(13-8-4-2-5-9-13)18-15(19-12)16(17)10-6-3-7-11-16/h2,4-5,8-9H,3,6-7,10-11,17H2,1H3. The van der Waals surface area contributed by atoms with Crippen molar-refractivity contribution >= 4 is 11.3 Å². The van der Waals surface area contributed by atoms with E-state index in [1.54, 1.807) is 11.3 Å². The molecule has 19 heavy (non-hydrogen) atoms. The number of nitrogens with zero attached hydrogens (tertiary/aromatic N) is 1. The minimum Gasteiger partial charge on any atom is -0.319 e. The highest BCUT2D eigenvalue weighted by Gasteiger charge is 2.33. The molecule has 1 aromatic carbocycles. The van der Waals surface area contributed by atoms with Gasteiger partial charge >= 0.3 is 0 Å². The van der Waals surface area contributed by atoms with Crippen LogP contribution in [-0.2, 0) is 5.54 Å². The maximum Gasteiger partial charge on any atom is 0.113 e. The smallest absolute Gasteiger partial charge is 0.113 e. The van der Waals surface area contributed by atoms with Gasteiger partial charge in [-0.2, -0.15) is 0 Å². The molecule has 0 atom stereocenters. The number of benzene rings is 1. The second-order valence-corrected chi connectivity index (χ2v) is 6.71. The van der Waals surface area contributed by atoms with E-state index in [2.05, 4.69) is 31.2 Å². The van der Waals surface area contributed by atoms with Gasteiger partial charge in [0.25, 0.3) is 0 Å². The summed E-state index contributed by atoms with van der Waals surface area (Å²) in [7, 11) is 0. The lowest BCUT2D eigenvalue weighted by atomic mass is 9.83. The number of hydrogen-bond donors (Lipinski definition) is 1. The summed E-state index contributed by atoms with van der Waals surface area (Å²) >= 11 is 1.78. The molecule has 0 spiro atoms. The van der Waals surface area contributed by atoms with E-state index in [1.807, 2.05) is 6.07 Å². The van der Waals surface area contributed by atoms with Gasteiger partial charge in [0, 0.05) is 10.4 Å². The van der Waals surface area contributed by atoms with E-state index in [9.17, 15) is 0 Å². The zero-order chi connectivity index (χ0) is 13.3. The van der Waals surface area contributed by atoms with Crippen LogP contribution in [0.15, 0.2) is 30.3 Å². The Balaban J connectivity index is 1.97. The maximum absolute atomic E-state index is 6.59. The molecule has 2 aromatic rings. The lowest BCUT2D eigenvalue weighted by Crippen LogP contribution is -2.38. The average Bonchev–Trinajstić information content (AvgIpc) is 2.84. The summed E-state index contributed by atoms with van der Waals surface area (Å²) in [6, 6.07) is 10.4. The van der Waals surface area contributed by atoms with Gasteiger partial charge in [0.1, 0.15) is 5.01 Å². The van der Waals surface area contributed by atoms with Crippen LogP contribution in [-0.4, -0.2) is 4.98 Å². The van der Waals surface area contributed by atoms with E-state index in [-0.39, 0.29) is 5.54 Å². The molecule has 1 aliphatic carbocycles. The van der Waals surface area contributed by atoms with Crippen molar-refractivity contribution in [1.82, 2.24) is 4.98 Å². The van der Waals surface area contributed by atoms with Gasteiger partial charge in [-0.25, -0.2) is 4.98 Å². The molecule has 1 aliphatic rings. The third-order valence-electron chi connectivity index (χ3n) is 4.02. The molecule has 1 heterocycles. The molecule has 0 aliphatic heterocycles. The lowest BCUT2D eigenvalue weighted by molar-refractivity contribution is 0.301. The minimum atomic E-state index is -0.180.